The van der Waals surface area contributed by atoms with Gasteiger partial charge in [0.15, 0.2) is 0 Å². The number of hydrogen-bond donors (Lipinski definition) is 1. The molecule has 0 atom stereocenters. The van der Waals surface area contributed by atoms with E-state index in [9.17, 15) is 0 Å². The van der Waals surface area contributed by atoms with Gasteiger partial charge in [-0.3, -0.25) is 0 Å². The normalized spacial score (nSPS) is 14.1. The van der Waals surface area contributed by atoms with E-state index >= 15 is 0 Å². The quantitative estimate of drug-likeness (QED) is 0.623. The molecule has 0 saturated carbocycles. The van der Waals surface area contributed by atoms with Crippen molar-refractivity contribution in [3.63, 3.8) is 0 Å². The van der Waals surface area contributed by atoms with Gasteiger partial charge >= 0.3 is 0 Å². The van der Waals surface area contributed by atoms with Gasteiger partial charge in [-0.05, 0) is 31.4 Å². The smallest absolute Gasteiger partial charge is 0.225 e. The van der Waals surface area contributed by atoms with E-state index in [4.69, 9.17) is 0 Å². The van der Waals surface area contributed by atoms with Gasteiger partial charge in [-0.15, -0.1) is 0 Å². The first-order valence-corrected chi connectivity index (χ1v) is 10.2. The summed E-state index contributed by atoms with van der Waals surface area (Å²) in [7, 11) is 0. The molecule has 0 amide bonds. The Kier molecular flexibility index (Phi) is 6.14. The summed E-state index contributed by atoms with van der Waals surface area (Å²) in [4.78, 5) is 22.4. The highest BCUT2D eigenvalue weighted by molar-refractivity contribution is 5.50. The fourth-order valence-electron chi connectivity index (χ4n) is 3.55. The molecule has 0 spiro atoms. The van der Waals surface area contributed by atoms with Crippen LogP contribution in [0, 0.1) is 6.92 Å². The summed E-state index contributed by atoms with van der Waals surface area (Å²) >= 11 is 0. The summed E-state index contributed by atoms with van der Waals surface area (Å²) in [6, 6.07) is 14.5. The molecule has 0 aliphatic carbocycles. The number of anilines is 3. The van der Waals surface area contributed by atoms with Crippen molar-refractivity contribution in [2.24, 2.45) is 0 Å². The summed E-state index contributed by atoms with van der Waals surface area (Å²) in [6.45, 7) is 6.39. The Balaban J connectivity index is 1.31. The lowest BCUT2D eigenvalue weighted by atomic mass is 10.1. The fraction of sp³-hybridized carbons (Fsp3) is 0.364. The van der Waals surface area contributed by atoms with Gasteiger partial charge in [0.2, 0.25) is 5.95 Å². The molecule has 1 N–H and O–H groups in total. The molecule has 0 radical (unpaired) electrons. The molecule has 0 unspecified atom stereocenters. The maximum absolute atomic E-state index is 4.66. The van der Waals surface area contributed by atoms with Gasteiger partial charge in [-0.1, -0.05) is 30.3 Å². The van der Waals surface area contributed by atoms with Crippen LogP contribution in [0.1, 0.15) is 17.8 Å². The molecule has 7 nitrogen and oxygen atoms in total. The zero-order valence-electron chi connectivity index (χ0n) is 16.8. The SMILES string of the molecule is Cc1nc(NCCCc2ccccc2)cc(N2CCN(c3ncccn3)CC2)n1. The van der Waals surface area contributed by atoms with Crippen LogP contribution >= 0.6 is 0 Å². The van der Waals surface area contributed by atoms with Crippen molar-refractivity contribution >= 4 is 17.6 Å². The number of piperazine rings is 1. The number of hydrogen-bond acceptors (Lipinski definition) is 7. The number of aryl methyl sites for hydroxylation is 2. The number of nitrogens with one attached hydrogen (secondary N) is 1. The van der Waals surface area contributed by atoms with E-state index < -0.39 is 0 Å². The van der Waals surface area contributed by atoms with Gasteiger partial charge in [-0.2, -0.15) is 0 Å². The first-order chi connectivity index (χ1) is 14.3. The van der Waals surface area contributed by atoms with Gasteiger partial charge in [0.25, 0.3) is 0 Å². The van der Waals surface area contributed by atoms with E-state index in [-0.39, 0.29) is 0 Å². The van der Waals surface area contributed by atoms with Crippen molar-refractivity contribution in [2.75, 3.05) is 47.8 Å². The minimum absolute atomic E-state index is 0.793. The minimum Gasteiger partial charge on any atom is -0.370 e. The van der Waals surface area contributed by atoms with Crippen LogP contribution in [0.2, 0.25) is 0 Å². The molecular weight excluding hydrogens is 362 g/mol. The van der Waals surface area contributed by atoms with Crippen molar-refractivity contribution in [1.29, 1.82) is 0 Å². The number of rotatable bonds is 7. The number of benzene rings is 1. The fourth-order valence-corrected chi connectivity index (χ4v) is 3.55. The third-order valence-electron chi connectivity index (χ3n) is 5.05. The first kappa shape index (κ1) is 19.1. The number of nitrogens with zero attached hydrogens (tertiary/aromatic N) is 6. The Morgan fingerprint density at radius 2 is 1.62 bits per heavy atom. The molecule has 1 aliphatic rings. The van der Waals surface area contributed by atoms with E-state index in [0.717, 1.165) is 69.0 Å². The van der Waals surface area contributed by atoms with Crippen LogP contribution in [-0.2, 0) is 6.42 Å². The van der Waals surface area contributed by atoms with Crippen LogP contribution in [0.3, 0.4) is 0 Å². The second-order valence-corrected chi connectivity index (χ2v) is 7.20. The Morgan fingerprint density at radius 1 is 0.897 bits per heavy atom. The van der Waals surface area contributed by atoms with Gasteiger partial charge in [0.05, 0.1) is 0 Å². The average Bonchev–Trinajstić information content (AvgIpc) is 2.78. The van der Waals surface area contributed by atoms with E-state index in [2.05, 4.69) is 71.5 Å². The lowest BCUT2D eigenvalue weighted by Gasteiger charge is -2.35. The standard InChI is InChI=1S/C22H27N7/c1-18-26-20(23-10-5-9-19-7-3-2-4-8-19)17-21(27-18)28-13-15-29(16-14-28)22-24-11-6-12-25-22/h2-4,6-8,11-12,17H,5,9-10,13-16H2,1H3,(H,23,26,27). The molecule has 3 heterocycles. The Morgan fingerprint density at radius 3 is 2.38 bits per heavy atom. The van der Waals surface area contributed by atoms with Gasteiger partial charge in [0, 0.05) is 51.2 Å². The van der Waals surface area contributed by atoms with Crippen LogP contribution in [-0.4, -0.2) is 52.7 Å². The molecule has 4 rings (SSSR count). The van der Waals surface area contributed by atoms with Crippen LogP contribution in [0.4, 0.5) is 17.6 Å². The van der Waals surface area contributed by atoms with Crippen LogP contribution in [0.5, 0.6) is 0 Å². The summed E-state index contributed by atoms with van der Waals surface area (Å²) in [5.74, 6) is 3.47. The van der Waals surface area contributed by atoms with Crippen LogP contribution in [0.25, 0.3) is 0 Å². The largest absolute Gasteiger partial charge is 0.370 e. The molecule has 1 fully saturated rings. The molecule has 150 valence electrons. The Labute approximate surface area is 171 Å². The van der Waals surface area contributed by atoms with Gasteiger partial charge < -0.3 is 15.1 Å². The maximum Gasteiger partial charge on any atom is 0.225 e. The summed E-state index contributed by atoms with van der Waals surface area (Å²) in [5.41, 5.74) is 1.37. The van der Waals surface area contributed by atoms with Crippen LogP contribution < -0.4 is 15.1 Å². The lowest BCUT2D eigenvalue weighted by Crippen LogP contribution is -2.47. The minimum atomic E-state index is 0.793. The average molecular weight is 390 g/mol. The summed E-state index contributed by atoms with van der Waals surface area (Å²) in [6.07, 6.45) is 5.71. The molecule has 29 heavy (non-hydrogen) atoms. The highest BCUT2D eigenvalue weighted by Gasteiger charge is 2.20. The van der Waals surface area contributed by atoms with Crippen molar-refractivity contribution in [2.45, 2.75) is 19.8 Å². The predicted molar refractivity (Wildman–Crippen MR) is 116 cm³/mol. The first-order valence-electron chi connectivity index (χ1n) is 10.2. The van der Waals surface area contributed by atoms with Crippen LogP contribution in [0.15, 0.2) is 54.9 Å². The van der Waals surface area contributed by atoms with Crippen molar-refractivity contribution < 1.29 is 0 Å². The molecular formula is C22H27N7. The second-order valence-electron chi connectivity index (χ2n) is 7.20. The third-order valence-corrected chi connectivity index (χ3v) is 5.05. The zero-order valence-corrected chi connectivity index (χ0v) is 16.8. The summed E-state index contributed by atoms with van der Waals surface area (Å²) in [5, 5.41) is 3.46. The monoisotopic (exact) mass is 389 g/mol. The molecule has 3 aromatic rings. The van der Waals surface area contributed by atoms with Crippen molar-refractivity contribution in [1.82, 2.24) is 19.9 Å². The molecule has 1 aliphatic heterocycles. The van der Waals surface area contributed by atoms with Crippen molar-refractivity contribution in [3.8, 4) is 0 Å². The van der Waals surface area contributed by atoms with E-state index in [0.29, 0.717) is 0 Å². The van der Waals surface area contributed by atoms with E-state index in [1.165, 1.54) is 5.56 Å². The van der Waals surface area contributed by atoms with Gasteiger partial charge in [-0.25, -0.2) is 19.9 Å². The highest BCUT2D eigenvalue weighted by atomic mass is 15.3. The molecule has 1 aromatic carbocycles. The third kappa shape index (κ3) is 5.19. The zero-order chi connectivity index (χ0) is 19.9. The Hall–Kier alpha value is -3.22. The molecule has 7 heteroatoms. The number of aromatic nitrogens is 4. The van der Waals surface area contributed by atoms with Gasteiger partial charge in [0.1, 0.15) is 17.5 Å². The second kappa shape index (κ2) is 9.32. The summed E-state index contributed by atoms with van der Waals surface area (Å²) < 4.78 is 0. The molecule has 2 aromatic heterocycles. The maximum atomic E-state index is 4.66. The van der Waals surface area contributed by atoms with Crippen molar-refractivity contribution in [3.05, 3.63) is 66.2 Å². The topological polar surface area (TPSA) is 70.1 Å². The highest BCUT2D eigenvalue weighted by Crippen LogP contribution is 2.19. The Bertz CT molecular complexity index is 894. The molecule has 1 saturated heterocycles. The van der Waals surface area contributed by atoms with E-state index in [1.807, 2.05) is 13.0 Å². The van der Waals surface area contributed by atoms with E-state index in [1.54, 1.807) is 12.4 Å². The lowest BCUT2D eigenvalue weighted by molar-refractivity contribution is 0.633. The predicted octanol–water partition coefficient (Wildman–Crippen LogP) is 2.95. The molecule has 0 bridgehead atoms.